The molecule has 0 bridgehead atoms. The Kier molecular flexibility index (Phi) is 7.20. The number of alkyl halides is 2. The van der Waals surface area contributed by atoms with Gasteiger partial charge in [0, 0.05) is 17.7 Å². The van der Waals surface area contributed by atoms with Crippen molar-refractivity contribution >= 4 is 11.6 Å². The van der Waals surface area contributed by atoms with E-state index in [0.717, 1.165) is 0 Å². The Morgan fingerprint density at radius 3 is 2.74 bits per heavy atom. The Bertz CT molecular complexity index is 390. The Morgan fingerprint density at radius 1 is 1.37 bits per heavy atom. The third kappa shape index (κ3) is 6.27. The lowest BCUT2D eigenvalue weighted by molar-refractivity contribution is 0.0146. The van der Waals surface area contributed by atoms with E-state index in [4.69, 9.17) is 16.3 Å². The van der Waals surface area contributed by atoms with Gasteiger partial charge in [-0.05, 0) is 43.7 Å². The fourth-order valence-electron chi connectivity index (χ4n) is 1.71. The molecule has 0 saturated heterocycles. The Hall–Kier alpha value is -0.780. The van der Waals surface area contributed by atoms with Gasteiger partial charge in [0.25, 0.3) is 6.43 Å². The van der Waals surface area contributed by atoms with E-state index in [-0.39, 0.29) is 18.5 Å². The van der Waals surface area contributed by atoms with Crippen LogP contribution in [0.25, 0.3) is 0 Å². The zero-order valence-electron chi connectivity index (χ0n) is 10.6. The summed E-state index contributed by atoms with van der Waals surface area (Å²) >= 11 is 5.98. The number of nitrogens with one attached hydrogen (secondary N) is 1. The standard InChI is InChI=1S/C13H17ClF3NO/c1-18-11(4-5-19-8-13(16)17)7-9-6-10(15)2-3-12(9)14/h2-3,6,11,13,18H,4-5,7-8H2,1H3. The minimum atomic E-state index is -2.45. The number of hydrogen-bond acceptors (Lipinski definition) is 2. The molecule has 19 heavy (non-hydrogen) atoms. The van der Waals surface area contributed by atoms with Gasteiger partial charge in [0.05, 0.1) is 0 Å². The van der Waals surface area contributed by atoms with Gasteiger partial charge < -0.3 is 10.1 Å². The van der Waals surface area contributed by atoms with Gasteiger partial charge >= 0.3 is 0 Å². The molecule has 0 saturated carbocycles. The molecule has 0 amide bonds. The number of rotatable bonds is 8. The number of hydrogen-bond donors (Lipinski definition) is 1. The molecule has 0 radical (unpaired) electrons. The normalized spacial score (nSPS) is 12.9. The lowest BCUT2D eigenvalue weighted by Gasteiger charge is -2.17. The highest BCUT2D eigenvalue weighted by Crippen LogP contribution is 2.19. The SMILES string of the molecule is CNC(CCOCC(F)F)Cc1cc(F)ccc1Cl. The van der Waals surface area contributed by atoms with E-state index in [1.165, 1.54) is 18.2 Å². The molecule has 1 unspecified atom stereocenters. The maximum Gasteiger partial charge on any atom is 0.261 e. The molecule has 0 aliphatic heterocycles. The molecule has 0 aliphatic rings. The smallest absolute Gasteiger partial charge is 0.261 e. The van der Waals surface area contributed by atoms with Gasteiger partial charge in [-0.1, -0.05) is 11.6 Å². The zero-order valence-corrected chi connectivity index (χ0v) is 11.4. The fourth-order valence-corrected chi connectivity index (χ4v) is 1.91. The summed E-state index contributed by atoms with van der Waals surface area (Å²) in [5.41, 5.74) is 0.690. The van der Waals surface area contributed by atoms with Gasteiger partial charge in [-0.2, -0.15) is 0 Å². The largest absolute Gasteiger partial charge is 0.375 e. The summed E-state index contributed by atoms with van der Waals surface area (Å²) in [6, 6.07) is 4.18. The lowest BCUT2D eigenvalue weighted by Crippen LogP contribution is -2.29. The third-order valence-corrected chi connectivity index (χ3v) is 3.11. The van der Waals surface area contributed by atoms with E-state index in [2.05, 4.69) is 5.32 Å². The number of likely N-dealkylation sites (N-methyl/N-ethyl adjacent to an activating group) is 1. The molecule has 2 nitrogen and oxygen atoms in total. The quantitative estimate of drug-likeness (QED) is 0.743. The highest BCUT2D eigenvalue weighted by Gasteiger charge is 2.11. The third-order valence-electron chi connectivity index (χ3n) is 2.74. The summed E-state index contributed by atoms with van der Waals surface area (Å²) in [6.07, 6.45) is -1.38. The molecule has 1 aromatic carbocycles. The predicted octanol–water partition coefficient (Wildman–Crippen LogP) is 3.28. The second kappa shape index (κ2) is 8.40. The topological polar surface area (TPSA) is 21.3 Å². The van der Waals surface area contributed by atoms with Gasteiger partial charge in [0.1, 0.15) is 12.4 Å². The monoisotopic (exact) mass is 295 g/mol. The molecule has 0 aliphatic carbocycles. The highest BCUT2D eigenvalue weighted by atomic mass is 35.5. The van der Waals surface area contributed by atoms with Crippen LogP contribution in [0, 0.1) is 5.82 Å². The number of benzene rings is 1. The molecule has 108 valence electrons. The van der Waals surface area contributed by atoms with Gasteiger partial charge in [-0.15, -0.1) is 0 Å². The van der Waals surface area contributed by atoms with E-state index >= 15 is 0 Å². The molecule has 0 spiro atoms. The van der Waals surface area contributed by atoms with Crippen LogP contribution in [0.1, 0.15) is 12.0 Å². The van der Waals surface area contributed by atoms with E-state index in [9.17, 15) is 13.2 Å². The van der Waals surface area contributed by atoms with Crippen LogP contribution < -0.4 is 5.32 Å². The first-order chi connectivity index (χ1) is 9.02. The van der Waals surface area contributed by atoms with Crippen molar-refractivity contribution in [3.8, 4) is 0 Å². The number of halogens is 4. The van der Waals surface area contributed by atoms with Crippen LogP contribution in [0.3, 0.4) is 0 Å². The van der Waals surface area contributed by atoms with Crippen molar-refractivity contribution < 1.29 is 17.9 Å². The second-order valence-corrected chi connectivity index (χ2v) is 4.59. The molecule has 1 atom stereocenters. The van der Waals surface area contributed by atoms with Crippen molar-refractivity contribution in [2.45, 2.75) is 25.3 Å². The average molecular weight is 296 g/mol. The predicted molar refractivity (Wildman–Crippen MR) is 69.4 cm³/mol. The average Bonchev–Trinajstić information content (AvgIpc) is 2.37. The molecule has 1 aromatic rings. The summed E-state index contributed by atoms with van der Waals surface area (Å²) in [5, 5.41) is 3.53. The summed E-state index contributed by atoms with van der Waals surface area (Å²) in [4.78, 5) is 0. The minimum absolute atomic E-state index is 0.00280. The van der Waals surface area contributed by atoms with Crippen LogP contribution in [-0.4, -0.2) is 32.7 Å². The van der Waals surface area contributed by atoms with E-state index in [1.54, 1.807) is 7.05 Å². The molecule has 1 rings (SSSR count). The van der Waals surface area contributed by atoms with Gasteiger partial charge in [0.2, 0.25) is 0 Å². The van der Waals surface area contributed by atoms with Gasteiger partial charge in [-0.3, -0.25) is 0 Å². The molecular formula is C13H17ClF3NO. The first-order valence-corrected chi connectivity index (χ1v) is 6.37. The minimum Gasteiger partial charge on any atom is -0.375 e. The van der Waals surface area contributed by atoms with Crippen molar-refractivity contribution in [2.24, 2.45) is 0 Å². The molecule has 0 heterocycles. The maximum atomic E-state index is 13.1. The van der Waals surface area contributed by atoms with Crippen molar-refractivity contribution in [3.63, 3.8) is 0 Å². The van der Waals surface area contributed by atoms with Crippen molar-refractivity contribution in [1.29, 1.82) is 0 Å². The van der Waals surface area contributed by atoms with Gasteiger partial charge in [-0.25, -0.2) is 13.2 Å². The van der Waals surface area contributed by atoms with Crippen molar-refractivity contribution in [3.05, 3.63) is 34.6 Å². The Labute approximate surface area is 115 Å². The summed E-state index contributed by atoms with van der Waals surface area (Å²) < 4.78 is 41.7. The van der Waals surface area contributed by atoms with Crippen LogP contribution in [0.2, 0.25) is 5.02 Å². The van der Waals surface area contributed by atoms with Crippen LogP contribution >= 0.6 is 11.6 Å². The van der Waals surface area contributed by atoms with Crippen LogP contribution in [0.4, 0.5) is 13.2 Å². The van der Waals surface area contributed by atoms with Crippen LogP contribution in [-0.2, 0) is 11.2 Å². The summed E-state index contributed by atoms with van der Waals surface area (Å²) in [6.45, 7) is -0.333. The second-order valence-electron chi connectivity index (χ2n) is 4.18. The Balaban J connectivity index is 2.45. The molecular weight excluding hydrogens is 279 g/mol. The van der Waals surface area contributed by atoms with Crippen LogP contribution in [0.15, 0.2) is 18.2 Å². The van der Waals surface area contributed by atoms with E-state index in [0.29, 0.717) is 23.4 Å². The molecule has 0 fully saturated rings. The van der Waals surface area contributed by atoms with E-state index < -0.39 is 13.0 Å². The van der Waals surface area contributed by atoms with Crippen molar-refractivity contribution in [2.75, 3.05) is 20.3 Å². The van der Waals surface area contributed by atoms with Crippen molar-refractivity contribution in [1.82, 2.24) is 5.32 Å². The maximum absolute atomic E-state index is 13.1. The first-order valence-electron chi connectivity index (χ1n) is 6.00. The zero-order chi connectivity index (χ0) is 14.3. The lowest BCUT2D eigenvalue weighted by atomic mass is 10.0. The summed E-state index contributed by atoms with van der Waals surface area (Å²) in [5.74, 6) is -0.344. The summed E-state index contributed by atoms with van der Waals surface area (Å²) in [7, 11) is 1.75. The fraction of sp³-hybridized carbons (Fsp3) is 0.538. The molecule has 6 heteroatoms. The Morgan fingerprint density at radius 2 is 2.11 bits per heavy atom. The highest BCUT2D eigenvalue weighted by molar-refractivity contribution is 6.31. The van der Waals surface area contributed by atoms with Crippen LogP contribution in [0.5, 0.6) is 0 Å². The molecule has 0 aromatic heterocycles. The van der Waals surface area contributed by atoms with E-state index in [1.807, 2.05) is 0 Å². The number of ether oxygens (including phenoxy) is 1. The first kappa shape index (κ1) is 16.3. The molecule has 1 N–H and O–H groups in total. The van der Waals surface area contributed by atoms with Gasteiger partial charge in [0.15, 0.2) is 0 Å².